The highest BCUT2D eigenvalue weighted by molar-refractivity contribution is 5.81. The summed E-state index contributed by atoms with van der Waals surface area (Å²) in [6.45, 7) is 10.2. The minimum Gasteiger partial charge on any atom is -0.389 e. The van der Waals surface area contributed by atoms with Gasteiger partial charge in [0.05, 0.1) is 11.6 Å². The lowest BCUT2D eigenvalue weighted by Crippen LogP contribution is -2.51. The molecular formula is C14H28N2O2. The van der Waals surface area contributed by atoms with Crippen LogP contribution >= 0.6 is 0 Å². The monoisotopic (exact) mass is 256 g/mol. The minimum absolute atomic E-state index is 0.0951. The second-order valence-electron chi connectivity index (χ2n) is 6.41. The van der Waals surface area contributed by atoms with Gasteiger partial charge in [0.25, 0.3) is 0 Å². The Hall–Kier alpha value is -0.610. The van der Waals surface area contributed by atoms with Gasteiger partial charge in [0.1, 0.15) is 0 Å². The Bertz CT molecular complexity index is 289. The fourth-order valence-corrected chi connectivity index (χ4v) is 3.08. The molecule has 0 spiro atoms. The van der Waals surface area contributed by atoms with Crippen molar-refractivity contribution in [3.05, 3.63) is 0 Å². The van der Waals surface area contributed by atoms with Crippen molar-refractivity contribution in [2.45, 2.75) is 71.2 Å². The van der Waals surface area contributed by atoms with E-state index in [1.165, 1.54) is 0 Å². The van der Waals surface area contributed by atoms with Crippen LogP contribution in [0.2, 0.25) is 0 Å². The van der Waals surface area contributed by atoms with Crippen LogP contribution in [0.4, 0.5) is 0 Å². The molecule has 1 aliphatic rings. The van der Waals surface area contributed by atoms with Gasteiger partial charge in [-0.2, -0.15) is 0 Å². The van der Waals surface area contributed by atoms with Crippen LogP contribution < -0.4 is 0 Å². The minimum atomic E-state index is -0.841. The summed E-state index contributed by atoms with van der Waals surface area (Å²) in [5.41, 5.74) is -0.841. The van der Waals surface area contributed by atoms with Crippen molar-refractivity contribution in [2.24, 2.45) is 0 Å². The Kier molecular flexibility index (Phi) is 4.78. The molecular weight excluding hydrogens is 228 g/mol. The van der Waals surface area contributed by atoms with Gasteiger partial charge in [-0.05, 0) is 47.5 Å². The molecule has 3 unspecified atom stereocenters. The van der Waals surface area contributed by atoms with E-state index in [1.54, 1.807) is 25.8 Å². The second-order valence-corrected chi connectivity index (χ2v) is 6.41. The van der Waals surface area contributed by atoms with Crippen molar-refractivity contribution in [2.75, 3.05) is 13.6 Å². The molecule has 0 bridgehead atoms. The van der Waals surface area contributed by atoms with E-state index in [1.807, 2.05) is 6.92 Å². The van der Waals surface area contributed by atoms with Gasteiger partial charge < -0.3 is 10.0 Å². The largest absolute Gasteiger partial charge is 0.389 e. The molecule has 1 N–H and O–H groups in total. The number of hydrogen-bond donors (Lipinski definition) is 1. The van der Waals surface area contributed by atoms with Crippen LogP contribution in [0.3, 0.4) is 0 Å². The third-order valence-electron chi connectivity index (χ3n) is 3.83. The van der Waals surface area contributed by atoms with Crippen molar-refractivity contribution >= 4 is 5.91 Å². The van der Waals surface area contributed by atoms with Gasteiger partial charge in [0.2, 0.25) is 5.91 Å². The second kappa shape index (κ2) is 5.57. The van der Waals surface area contributed by atoms with Crippen LogP contribution in [0, 0.1) is 0 Å². The summed E-state index contributed by atoms with van der Waals surface area (Å²) < 4.78 is 0. The fraction of sp³-hybridized carbons (Fsp3) is 0.929. The first-order chi connectivity index (χ1) is 8.13. The summed E-state index contributed by atoms with van der Waals surface area (Å²) in [6.07, 6.45) is 2.32. The molecule has 1 rings (SSSR count). The lowest BCUT2D eigenvalue weighted by Gasteiger charge is -2.35. The number of nitrogens with zero attached hydrogens (tertiary/aromatic N) is 2. The lowest BCUT2D eigenvalue weighted by atomic mass is 10.1. The first-order valence-electron chi connectivity index (χ1n) is 6.88. The normalized spacial score (nSPS) is 27.3. The molecule has 4 nitrogen and oxygen atoms in total. The van der Waals surface area contributed by atoms with Crippen molar-refractivity contribution < 1.29 is 9.90 Å². The maximum Gasteiger partial charge on any atom is 0.239 e. The van der Waals surface area contributed by atoms with Crippen LogP contribution in [0.1, 0.15) is 47.5 Å². The molecule has 3 atom stereocenters. The summed E-state index contributed by atoms with van der Waals surface area (Å²) in [7, 11) is 1.77. The number of rotatable bonds is 4. The highest BCUT2D eigenvalue weighted by atomic mass is 16.3. The first-order valence-corrected chi connectivity index (χ1v) is 6.88. The number of likely N-dealkylation sites (N-methyl/N-ethyl adjacent to an activating group) is 1. The predicted octanol–water partition coefficient (Wildman–Crippen LogP) is 1.48. The molecule has 18 heavy (non-hydrogen) atoms. The Labute approximate surface area is 111 Å². The van der Waals surface area contributed by atoms with E-state index in [9.17, 15) is 9.90 Å². The molecule has 1 heterocycles. The Morgan fingerprint density at radius 2 is 1.83 bits per heavy atom. The molecule has 0 aromatic carbocycles. The van der Waals surface area contributed by atoms with Gasteiger partial charge in [-0.3, -0.25) is 9.69 Å². The van der Waals surface area contributed by atoms with Crippen LogP contribution in [0.15, 0.2) is 0 Å². The molecule has 0 radical (unpaired) electrons. The van der Waals surface area contributed by atoms with Crippen molar-refractivity contribution in [3.63, 3.8) is 0 Å². The maximum atomic E-state index is 12.4. The predicted molar refractivity (Wildman–Crippen MR) is 73.4 cm³/mol. The number of carbonyl (C=O) groups excluding carboxylic acids is 1. The van der Waals surface area contributed by atoms with Crippen molar-refractivity contribution in [1.82, 2.24) is 9.80 Å². The molecule has 0 saturated carbocycles. The van der Waals surface area contributed by atoms with Crippen LogP contribution in [-0.4, -0.2) is 58.1 Å². The molecule has 0 aliphatic carbocycles. The number of amides is 1. The fourth-order valence-electron chi connectivity index (χ4n) is 3.08. The van der Waals surface area contributed by atoms with E-state index in [2.05, 4.69) is 18.7 Å². The number of hydrogen-bond acceptors (Lipinski definition) is 3. The molecule has 1 saturated heterocycles. The summed E-state index contributed by atoms with van der Waals surface area (Å²) >= 11 is 0. The number of aliphatic hydroxyl groups is 1. The zero-order chi connectivity index (χ0) is 14.1. The topological polar surface area (TPSA) is 43.8 Å². The lowest BCUT2D eigenvalue weighted by molar-refractivity contribution is -0.138. The highest BCUT2D eigenvalue weighted by Crippen LogP contribution is 2.26. The molecule has 1 fully saturated rings. The third-order valence-corrected chi connectivity index (χ3v) is 3.83. The summed E-state index contributed by atoms with van der Waals surface area (Å²) in [5, 5.41) is 9.78. The number of carbonyl (C=O) groups is 1. The quantitative estimate of drug-likeness (QED) is 0.828. The third kappa shape index (κ3) is 3.69. The Morgan fingerprint density at radius 1 is 1.39 bits per heavy atom. The molecule has 0 aromatic heterocycles. The van der Waals surface area contributed by atoms with Crippen LogP contribution in [0.5, 0.6) is 0 Å². The molecule has 1 aliphatic heterocycles. The summed E-state index contributed by atoms with van der Waals surface area (Å²) in [6, 6.07) is 0.828. The van der Waals surface area contributed by atoms with E-state index in [0.29, 0.717) is 18.6 Å². The van der Waals surface area contributed by atoms with E-state index >= 15 is 0 Å². The summed E-state index contributed by atoms with van der Waals surface area (Å²) in [4.78, 5) is 16.3. The standard InChI is InChI=1S/C14H28N2O2/c1-10-7-8-11(2)16(10)12(3)13(17)15(6)9-14(4,5)18/h10-12,18H,7-9H2,1-6H3. The highest BCUT2D eigenvalue weighted by Gasteiger charge is 2.36. The van der Waals surface area contributed by atoms with Crippen LogP contribution in [0.25, 0.3) is 0 Å². The van der Waals surface area contributed by atoms with Crippen LogP contribution in [-0.2, 0) is 4.79 Å². The van der Waals surface area contributed by atoms with E-state index in [4.69, 9.17) is 0 Å². The Balaban J connectivity index is 2.66. The molecule has 4 heteroatoms. The average Bonchev–Trinajstić information content (AvgIpc) is 2.54. The maximum absolute atomic E-state index is 12.4. The molecule has 1 amide bonds. The van der Waals surface area contributed by atoms with Crippen molar-refractivity contribution in [3.8, 4) is 0 Å². The van der Waals surface area contributed by atoms with E-state index in [0.717, 1.165) is 12.8 Å². The van der Waals surface area contributed by atoms with Gasteiger partial charge >= 0.3 is 0 Å². The van der Waals surface area contributed by atoms with Gasteiger partial charge in [-0.25, -0.2) is 0 Å². The average molecular weight is 256 g/mol. The van der Waals surface area contributed by atoms with Gasteiger partial charge in [0.15, 0.2) is 0 Å². The smallest absolute Gasteiger partial charge is 0.239 e. The zero-order valence-corrected chi connectivity index (χ0v) is 12.6. The first kappa shape index (κ1) is 15.4. The van der Waals surface area contributed by atoms with E-state index in [-0.39, 0.29) is 11.9 Å². The van der Waals surface area contributed by atoms with E-state index < -0.39 is 5.60 Å². The zero-order valence-electron chi connectivity index (χ0n) is 12.6. The molecule has 106 valence electrons. The number of likely N-dealkylation sites (tertiary alicyclic amines) is 1. The van der Waals surface area contributed by atoms with Gasteiger partial charge in [-0.15, -0.1) is 0 Å². The molecule has 0 aromatic rings. The van der Waals surface area contributed by atoms with Gasteiger partial charge in [0, 0.05) is 25.7 Å². The van der Waals surface area contributed by atoms with Gasteiger partial charge in [-0.1, -0.05) is 0 Å². The summed E-state index contributed by atoms with van der Waals surface area (Å²) in [5.74, 6) is 0.0951. The van der Waals surface area contributed by atoms with Crippen molar-refractivity contribution in [1.29, 1.82) is 0 Å². The Morgan fingerprint density at radius 3 is 2.22 bits per heavy atom. The SMILES string of the molecule is CC1CCC(C)N1C(C)C(=O)N(C)CC(C)(C)O.